The summed E-state index contributed by atoms with van der Waals surface area (Å²) in [5.41, 5.74) is 7.51. The summed E-state index contributed by atoms with van der Waals surface area (Å²) in [7, 11) is 0. The smallest absolute Gasteiger partial charge is 0.244 e. The normalized spacial score (nSPS) is 17.7. The van der Waals surface area contributed by atoms with Crippen LogP contribution in [0.1, 0.15) is 36.8 Å². The second kappa shape index (κ2) is 4.61. The zero-order chi connectivity index (χ0) is 13.3. The summed E-state index contributed by atoms with van der Waals surface area (Å²) >= 11 is 0. The number of carbonyl (C=O) groups excluding carboxylic acids is 1. The lowest BCUT2D eigenvalue weighted by molar-refractivity contribution is -0.121. The number of aryl methyl sites for hydroxylation is 2. The third kappa shape index (κ3) is 2.34. The third-order valence-corrected chi connectivity index (χ3v) is 3.64. The van der Waals surface area contributed by atoms with Crippen LogP contribution in [-0.4, -0.2) is 16.6 Å². The van der Waals surface area contributed by atoms with E-state index in [4.69, 9.17) is 5.73 Å². The number of hydrogen-bond acceptors (Lipinski definition) is 3. The van der Waals surface area contributed by atoms with E-state index in [1.54, 1.807) is 6.07 Å². The molecule has 2 rings (SSSR count). The maximum atomic E-state index is 12.2. The van der Waals surface area contributed by atoms with Crippen LogP contribution in [0.5, 0.6) is 5.75 Å². The van der Waals surface area contributed by atoms with Gasteiger partial charge in [-0.15, -0.1) is 0 Å². The highest BCUT2D eigenvalue weighted by Crippen LogP contribution is 2.32. The van der Waals surface area contributed by atoms with Gasteiger partial charge >= 0.3 is 0 Å². The van der Waals surface area contributed by atoms with Gasteiger partial charge in [0, 0.05) is 0 Å². The van der Waals surface area contributed by atoms with Crippen molar-refractivity contribution in [2.24, 2.45) is 5.73 Å². The molecule has 4 heteroatoms. The van der Waals surface area contributed by atoms with Gasteiger partial charge in [-0.3, -0.25) is 4.79 Å². The molecular formula is C14H20N2O2. The lowest BCUT2D eigenvalue weighted by Gasteiger charge is -2.23. The molecule has 4 nitrogen and oxygen atoms in total. The molecule has 1 aromatic carbocycles. The van der Waals surface area contributed by atoms with Gasteiger partial charge in [-0.2, -0.15) is 0 Å². The molecule has 1 aliphatic rings. The highest BCUT2D eigenvalue weighted by atomic mass is 16.3. The first kappa shape index (κ1) is 12.9. The van der Waals surface area contributed by atoms with Crippen molar-refractivity contribution in [3.05, 3.63) is 23.3 Å². The van der Waals surface area contributed by atoms with E-state index in [9.17, 15) is 9.90 Å². The number of phenols is 1. The fourth-order valence-electron chi connectivity index (χ4n) is 2.54. The highest BCUT2D eigenvalue weighted by Gasteiger charge is 2.37. The maximum absolute atomic E-state index is 12.2. The van der Waals surface area contributed by atoms with Crippen molar-refractivity contribution in [3.63, 3.8) is 0 Å². The van der Waals surface area contributed by atoms with Crippen molar-refractivity contribution in [1.29, 1.82) is 0 Å². The monoisotopic (exact) mass is 248 g/mol. The summed E-state index contributed by atoms with van der Waals surface area (Å²) in [6.45, 7) is 3.74. The molecule has 0 atom stereocenters. The van der Waals surface area contributed by atoms with E-state index in [2.05, 4.69) is 5.32 Å². The van der Waals surface area contributed by atoms with Crippen LogP contribution in [0.25, 0.3) is 0 Å². The number of rotatable bonds is 2. The molecule has 0 heterocycles. The van der Waals surface area contributed by atoms with Gasteiger partial charge in [0.25, 0.3) is 0 Å². The molecule has 0 unspecified atom stereocenters. The summed E-state index contributed by atoms with van der Waals surface area (Å²) in [5.74, 6) is -0.0733. The molecule has 1 aromatic rings. The minimum atomic E-state index is -0.774. The average Bonchev–Trinajstić information content (AvgIpc) is 2.73. The van der Waals surface area contributed by atoms with Crippen LogP contribution < -0.4 is 11.1 Å². The highest BCUT2D eigenvalue weighted by molar-refractivity contribution is 5.99. The van der Waals surface area contributed by atoms with Gasteiger partial charge in [-0.05, 0) is 43.9 Å². The number of benzene rings is 1. The molecule has 18 heavy (non-hydrogen) atoms. The number of phenolic OH excluding ortho intramolecular Hbond substituents is 1. The fraction of sp³-hybridized carbons (Fsp3) is 0.500. The average molecular weight is 248 g/mol. The Labute approximate surface area is 107 Å². The number of hydrogen-bond donors (Lipinski definition) is 3. The second-order valence-corrected chi connectivity index (χ2v) is 5.30. The molecule has 0 saturated heterocycles. The number of nitrogens with one attached hydrogen (secondary N) is 1. The quantitative estimate of drug-likeness (QED) is 0.702. The summed E-state index contributed by atoms with van der Waals surface area (Å²) in [5, 5.41) is 12.7. The van der Waals surface area contributed by atoms with Crippen LogP contribution in [0.2, 0.25) is 0 Å². The lowest BCUT2D eigenvalue weighted by atomic mass is 9.97. The molecule has 0 aliphatic heterocycles. The molecule has 0 spiro atoms. The van der Waals surface area contributed by atoms with Gasteiger partial charge in [0.1, 0.15) is 5.75 Å². The van der Waals surface area contributed by atoms with Gasteiger partial charge in [0.15, 0.2) is 0 Å². The number of aromatic hydroxyl groups is 1. The maximum Gasteiger partial charge on any atom is 0.244 e. The molecule has 1 aliphatic carbocycles. The van der Waals surface area contributed by atoms with Gasteiger partial charge in [-0.25, -0.2) is 0 Å². The SMILES string of the molecule is Cc1cc(C)c(O)c(NC(=O)C2(N)CCCC2)c1. The van der Waals surface area contributed by atoms with Crippen molar-refractivity contribution < 1.29 is 9.90 Å². The minimum absolute atomic E-state index is 0.121. The molecule has 1 saturated carbocycles. The van der Waals surface area contributed by atoms with E-state index in [1.807, 2.05) is 19.9 Å². The summed E-state index contributed by atoms with van der Waals surface area (Å²) < 4.78 is 0. The number of carbonyl (C=O) groups is 1. The van der Waals surface area contributed by atoms with E-state index < -0.39 is 5.54 Å². The molecule has 0 aromatic heterocycles. The van der Waals surface area contributed by atoms with E-state index in [-0.39, 0.29) is 11.7 Å². The molecule has 0 radical (unpaired) electrons. The Bertz CT molecular complexity index is 477. The van der Waals surface area contributed by atoms with E-state index >= 15 is 0 Å². The Morgan fingerprint density at radius 3 is 2.56 bits per heavy atom. The Balaban J connectivity index is 2.21. The van der Waals surface area contributed by atoms with Crippen molar-refractivity contribution in [2.75, 3.05) is 5.32 Å². The fourth-order valence-corrected chi connectivity index (χ4v) is 2.54. The van der Waals surface area contributed by atoms with E-state index in [1.165, 1.54) is 0 Å². The summed E-state index contributed by atoms with van der Waals surface area (Å²) in [6.07, 6.45) is 3.40. The topological polar surface area (TPSA) is 75.3 Å². The van der Waals surface area contributed by atoms with Crippen LogP contribution >= 0.6 is 0 Å². The predicted octanol–water partition coefficient (Wildman–Crippen LogP) is 2.22. The molecule has 0 bridgehead atoms. The number of amides is 1. The van der Waals surface area contributed by atoms with Crippen LogP contribution in [-0.2, 0) is 4.79 Å². The standard InChI is InChI=1S/C14H20N2O2/c1-9-7-10(2)12(17)11(8-9)16-13(18)14(15)5-3-4-6-14/h7-8,17H,3-6,15H2,1-2H3,(H,16,18). The Morgan fingerprint density at radius 1 is 1.33 bits per heavy atom. The molecule has 98 valence electrons. The Kier molecular flexibility index (Phi) is 3.30. The van der Waals surface area contributed by atoms with Crippen molar-refractivity contribution in [3.8, 4) is 5.75 Å². The van der Waals surface area contributed by atoms with Gasteiger partial charge < -0.3 is 16.2 Å². The van der Waals surface area contributed by atoms with Crippen LogP contribution in [0.15, 0.2) is 12.1 Å². The summed E-state index contributed by atoms with van der Waals surface area (Å²) in [6, 6.07) is 3.64. The third-order valence-electron chi connectivity index (χ3n) is 3.64. The Hall–Kier alpha value is -1.55. The molecule has 1 amide bonds. The zero-order valence-corrected chi connectivity index (χ0v) is 10.9. The molecule has 1 fully saturated rings. The van der Waals surface area contributed by atoms with Crippen LogP contribution in [0.3, 0.4) is 0 Å². The van der Waals surface area contributed by atoms with Crippen molar-refractivity contribution in [2.45, 2.75) is 45.1 Å². The van der Waals surface area contributed by atoms with Crippen molar-refractivity contribution in [1.82, 2.24) is 0 Å². The van der Waals surface area contributed by atoms with Gasteiger partial charge in [0.05, 0.1) is 11.2 Å². The zero-order valence-electron chi connectivity index (χ0n) is 10.9. The molecular weight excluding hydrogens is 228 g/mol. The molecule has 4 N–H and O–H groups in total. The van der Waals surface area contributed by atoms with Crippen LogP contribution in [0.4, 0.5) is 5.69 Å². The second-order valence-electron chi connectivity index (χ2n) is 5.30. The minimum Gasteiger partial charge on any atom is -0.505 e. The van der Waals surface area contributed by atoms with Crippen molar-refractivity contribution >= 4 is 11.6 Å². The number of anilines is 1. The first-order valence-electron chi connectivity index (χ1n) is 6.33. The first-order chi connectivity index (χ1) is 8.42. The number of nitrogens with two attached hydrogens (primary N) is 1. The first-order valence-corrected chi connectivity index (χ1v) is 6.33. The van der Waals surface area contributed by atoms with Crippen LogP contribution in [0, 0.1) is 13.8 Å². The summed E-state index contributed by atoms with van der Waals surface area (Å²) in [4.78, 5) is 12.2. The lowest BCUT2D eigenvalue weighted by Crippen LogP contribution is -2.48. The van der Waals surface area contributed by atoms with E-state index in [0.29, 0.717) is 18.5 Å². The largest absolute Gasteiger partial charge is 0.505 e. The predicted molar refractivity (Wildman–Crippen MR) is 71.6 cm³/mol. The Morgan fingerprint density at radius 2 is 1.94 bits per heavy atom. The van der Waals surface area contributed by atoms with Gasteiger partial charge in [0.2, 0.25) is 5.91 Å². The van der Waals surface area contributed by atoms with Gasteiger partial charge in [-0.1, -0.05) is 18.9 Å². The van der Waals surface area contributed by atoms with E-state index in [0.717, 1.165) is 24.0 Å².